The van der Waals surface area contributed by atoms with Crippen LogP contribution in [0.2, 0.25) is 0 Å². The maximum absolute atomic E-state index is 12.6. The van der Waals surface area contributed by atoms with Crippen molar-refractivity contribution in [3.05, 3.63) is 76.9 Å². The maximum Gasteiger partial charge on any atom is 0.251 e. The first-order valence-electron chi connectivity index (χ1n) is 8.12. The lowest BCUT2D eigenvalue weighted by Crippen LogP contribution is -2.27. The predicted molar refractivity (Wildman–Crippen MR) is 98.7 cm³/mol. The molecule has 0 fully saturated rings. The molecule has 0 bridgehead atoms. The second kappa shape index (κ2) is 7.82. The first-order chi connectivity index (χ1) is 11.5. The molecule has 1 N–H and O–H groups in total. The number of nitrogens with one attached hydrogen (secondary N) is 1. The number of benzene rings is 2. The number of aryl methyl sites for hydroxylation is 2. The maximum atomic E-state index is 12.6. The van der Waals surface area contributed by atoms with Crippen molar-refractivity contribution < 1.29 is 9.53 Å². The Morgan fingerprint density at radius 1 is 1.25 bits per heavy atom. The van der Waals surface area contributed by atoms with Crippen molar-refractivity contribution in [3.63, 3.8) is 0 Å². The van der Waals surface area contributed by atoms with E-state index in [0.29, 0.717) is 12.0 Å². The lowest BCUT2D eigenvalue weighted by Gasteiger charge is -2.18. The topological polar surface area (TPSA) is 38.3 Å². The number of ether oxygens (including phenoxy) is 1. The Bertz CT molecular complexity index is 749. The van der Waals surface area contributed by atoms with Crippen LogP contribution in [0.4, 0.5) is 0 Å². The zero-order chi connectivity index (χ0) is 17.7. The Morgan fingerprint density at radius 2 is 2.00 bits per heavy atom. The van der Waals surface area contributed by atoms with Crippen LogP contribution in [0.15, 0.2) is 49.1 Å². The normalized spacial score (nSPS) is 11.7. The summed E-state index contributed by atoms with van der Waals surface area (Å²) in [7, 11) is 1.63. The number of amides is 1. The predicted octanol–water partition coefficient (Wildman–Crippen LogP) is 4.53. The molecule has 3 heteroatoms. The van der Waals surface area contributed by atoms with E-state index >= 15 is 0 Å². The zero-order valence-electron chi connectivity index (χ0n) is 14.8. The van der Waals surface area contributed by atoms with Crippen molar-refractivity contribution in [2.24, 2.45) is 0 Å². The standard InChI is InChI=1S/C21H25NO2/c1-6-7-17-13-18(9-11-20(17)24-5)21(23)22-16(4)19-10-8-14(2)12-15(19)3/h6,8-13,16H,1,7H2,2-5H3,(H,22,23). The SMILES string of the molecule is C=CCc1cc(C(=O)NC(C)c2ccc(C)cc2C)ccc1OC. The molecule has 0 aromatic heterocycles. The highest BCUT2D eigenvalue weighted by Gasteiger charge is 2.14. The van der Waals surface area contributed by atoms with Gasteiger partial charge in [-0.15, -0.1) is 6.58 Å². The number of carbonyl (C=O) groups excluding carboxylic acids is 1. The van der Waals surface area contributed by atoms with E-state index in [0.717, 1.165) is 16.9 Å². The zero-order valence-corrected chi connectivity index (χ0v) is 14.8. The largest absolute Gasteiger partial charge is 0.496 e. The van der Waals surface area contributed by atoms with Crippen LogP contribution in [0.3, 0.4) is 0 Å². The first kappa shape index (κ1) is 17.8. The molecule has 0 saturated heterocycles. The molecule has 3 nitrogen and oxygen atoms in total. The highest BCUT2D eigenvalue weighted by atomic mass is 16.5. The molecular formula is C21H25NO2. The third-order valence-corrected chi connectivity index (χ3v) is 4.15. The van der Waals surface area contributed by atoms with Crippen molar-refractivity contribution in [2.45, 2.75) is 33.2 Å². The van der Waals surface area contributed by atoms with Gasteiger partial charge in [0.25, 0.3) is 5.91 Å². The van der Waals surface area contributed by atoms with Gasteiger partial charge >= 0.3 is 0 Å². The van der Waals surface area contributed by atoms with Gasteiger partial charge in [-0.05, 0) is 62.1 Å². The fraction of sp³-hybridized carbons (Fsp3) is 0.286. The summed E-state index contributed by atoms with van der Waals surface area (Å²) in [5.41, 5.74) is 5.13. The summed E-state index contributed by atoms with van der Waals surface area (Å²) in [4.78, 5) is 12.6. The molecule has 24 heavy (non-hydrogen) atoms. The van der Waals surface area contributed by atoms with Crippen LogP contribution >= 0.6 is 0 Å². The van der Waals surface area contributed by atoms with Crippen LogP contribution < -0.4 is 10.1 Å². The van der Waals surface area contributed by atoms with Crippen LogP contribution in [-0.2, 0) is 6.42 Å². The number of hydrogen-bond acceptors (Lipinski definition) is 2. The number of carbonyl (C=O) groups is 1. The number of allylic oxidation sites excluding steroid dienone is 1. The van der Waals surface area contributed by atoms with Gasteiger partial charge in [-0.25, -0.2) is 0 Å². The lowest BCUT2D eigenvalue weighted by atomic mass is 9.99. The number of rotatable bonds is 6. The second-order valence-corrected chi connectivity index (χ2v) is 6.07. The molecule has 2 rings (SSSR count). The van der Waals surface area contributed by atoms with Crippen LogP contribution in [0, 0.1) is 13.8 Å². The Labute approximate surface area is 144 Å². The van der Waals surface area contributed by atoms with Crippen LogP contribution in [-0.4, -0.2) is 13.0 Å². The molecule has 0 aliphatic carbocycles. The number of hydrogen-bond donors (Lipinski definition) is 1. The van der Waals surface area contributed by atoms with E-state index < -0.39 is 0 Å². The van der Waals surface area contributed by atoms with E-state index in [2.05, 4.69) is 43.9 Å². The molecule has 0 saturated carbocycles. The summed E-state index contributed by atoms with van der Waals surface area (Å²) >= 11 is 0. The Morgan fingerprint density at radius 3 is 2.62 bits per heavy atom. The summed E-state index contributed by atoms with van der Waals surface area (Å²) in [5, 5.41) is 3.07. The van der Waals surface area contributed by atoms with Gasteiger partial charge in [0.15, 0.2) is 0 Å². The summed E-state index contributed by atoms with van der Waals surface area (Å²) in [6, 6.07) is 11.7. The quantitative estimate of drug-likeness (QED) is 0.793. The average Bonchev–Trinajstić information content (AvgIpc) is 2.54. The molecule has 2 aromatic carbocycles. The summed E-state index contributed by atoms with van der Waals surface area (Å²) in [6.45, 7) is 9.90. The Hall–Kier alpha value is -2.55. The van der Waals surface area contributed by atoms with Crippen molar-refractivity contribution in [1.29, 1.82) is 0 Å². The molecule has 1 amide bonds. The van der Waals surface area contributed by atoms with E-state index in [-0.39, 0.29) is 11.9 Å². The van der Waals surface area contributed by atoms with Crippen molar-refractivity contribution in [3.8, 4) is 5.75 Å². The van der Waals surface area contributed by atoms with Gasteiger partial charge in [0.1, 0.15) is 5.75 Å². The van der Waals surface area contributed by atoms with E-state index in [1.165, 1.54) is 11.1 Å². The minimum absolute atomic E-state index is 0.0527. The number of methoxy groups -OCH3 is 1. The van der Waals surface area contributed by atoms with Crippen molar-refractivity contribution in [1.82, 2.24) is 5.32 Å². The third-order valence-electron chi connectivity index (χ3n) is 4.15. The summed E-state index contributed by atoms with van der Waals surface area (Å²) in [6.07, 6.45) is 2.47. The third kappa shape index (κ3) is 4.05. The van der Waals surface area contributed by atoms with Gasteiger partial charge in [-0.2, -0.15) is 0 Å². The van der Waals surface area contributed by atoms with E-state index in [1.54, 1.807) is 19.3 Å². The van der Waals surface area contributed by atoms with Gasteiger partial charge in [0, 0.05) is 5.56 Å². The Kier molecular flexibility index (Phi) is 5.80. The average molecular weight is 323 g/mol. The minimum Gasteiger partial charge on any atom is -0.496 e. The molecule has 0 radical (unpaired) electrons. The highest BCUT2D eigenvalue weighted by Crippen LogP contribution is 2.22. The molecule has 0 heterocycles. The second-order valence-electron chi connectivity index (χ2n) is 6.07. The van der Waals surface area contributed by atoms with E-state index in [4.69, 9.17) is 4.74 Å². The van der Waals surface area contributed by atoms with Gasteiger partial charge in [-0.1, -0.05) is 29.8 Å². The van der Waals surface area contributed by atoms with Crippen LogP contribution in [0.25, 0.3) is 0 Å². The lowest BCUT2D eigenvalue weighted by molar-refractivity contribution is 0.0939. The smallest absolute Gasteiger partial charge is 0.251 e. The molecular weight excluding hydrogens is 298 g/mol. The molecule has 0 spiro atoms. The summed E-state index contributed by atoms with van der Waals surface area (Å²) < 4.78 is 5.33. The molecule has 0 aliphatic rings. The first-order valence-corrected chi connectivity index (χ1v) is 8.12. The molecule has 0 aliphatic heterocycles. The van der Waals surface area contributed by atoms with Crippen molar-refractivity contribution >= 4 is 5.91 Å². The molecule has 2 aromatic rings. The van der Waals surface area contributed by atoms with Crippen molar-refractivity contribution in [2.75, 3.05) is 7.11 Å². The van der Waals surface area contributed by atoms with Gasteiger partial charge < -0.3 is 10.1 Å². The minimum atomic E-state index is -0.0876. The van der Waals surface area contributed by atoms with E-state index in [1.807, 2.05) is 19.1 Å². The fourth-order valence-corrected chi connectivity index (χ4v) is 2.90. The fourth-order valence-electron chi connectivity index (χ4n) is 2.90. The van der Waals surface area contributed by atoms with Gasteiger partial charge in [-0.3, -0.25) is 4.79 Å². The van der Waals surface area contributed by atoms with Gasteiger partial charge in [0.2, 0.25) is 0 Å². The summed E-state index contributed by atoms with van der Waals surface area (Å²) in [5.74, 6) is 0.685. The van der Waals surface area contributed by atoms with Crippen LogP contribution in [0.1, 0.15) is 45.6 Å². The van der Waals surface area contributed by atoms with Gasteiger partial charge in [0.05, 0.1) is 13.2 Å². The monoisotopic (exact) mass is 323 g/mol. The molecule has 1 atom stereocenters. The molecule has 126 valence electrons. The highest BCUT2D eigenvalue weighted by molar-refractivity contribution is 5.94. The van der Waals surface area contributed by atoms with E-state index in [9.17, 15) is 4.79 Å². The Balaban J connectivity index is 2.19. The molecule has 1 unspecified atom stereocenters. The van der Waals surface area contributed by atoms with Crippen LogP contribution in [0.5, 0.6) is 5.75 Å².